The lowest BCUT2D eigenvalue weighted by molar-refractivity contribution is -0.385. The number of hydrogen-bond donors (Lipinski definition) is 1. The van der Waals surface area contributed by atoms with Gasteiger partial charge in [-0.25, -0.2) is 4.79 Å². The van der Waals surface area contributed by atoms with Crippen molar-refractivity contribution in [3.63, 3.8) is 0 Å². The van der Waals surface area contributed by atoms with E-state index in [1.807, 2.05) is 26.0 Å². The van der Waals surface area contributed by atoms with Crippen LogP contribution in [-0.2, 0) is 14.3 Å². The van der Waals surface area contributed by atoms with Crippen LogP contribution in [0.15, 0.2) is 30.3 Å². The van der Waals surface area contributed by atoms with E-state index in [0.717, 1.165) is 11.1 Å². The highest BCUT2D eigenvalue weighted by atomic mass is 16.6. The van der Waals surface area contributed by atoms with Gasteiger partial charge in [0.15, 0.2) is 19.0 Å². The molecule has 1 N–H and O–H groups in total. The first kappa shape index (κ1) is 21.7. The average Bonchev–Trinajstić information content (AvgIpc) is 2.66. The van der Waals surface area contributed by atoms with Crippen LogP contribution in [0.1, 0.15) is 16.7 Å². The second-order valence-corrected chi connectivity index (χ2v) is 6.36. The second-order valence-electron chi connectivity index (χ2n) is 6.36. The molecule has 0 aromatic heterocycles. The summed E-state index contributed by atoms with van der Waals surface area (Å²) in [5.41, 5.74) is 2.54. The van der Waals surface area contributed by atoms with E-state index in [9.17, 15) is 19.7 Å². The Kier molecular flexibility index (Phi) is 7.13. The normalized spacial score (nSPS) is 10.2. The number of ether oxygens (including phenoxy) is 3. The molecule has 0 spiro atoms. The van der Waals surface area contributed by atoms with Gasteiger partial charge in [0.25, 0.3) is 5.91 Å². The number of nitrogens with one attached hydrogen (secondary N) is 1. The fourth-order valence-electron chi connectivity index (χ4n) is 2.59. The molecule has 2 rings (SSSR count). The van der Waals surface area contributed by atoms with Crippen molar-refractivity contribution < 1.29 is 28.7 Å². The van der Waals surface area contributed by atoms with Crippen LogP contribution < -0.4 is 14.8 Å². The van der Waals surface area contributed by atoms with E-state index < -0.39 is 23.4 Å². The van der Waals surface area contributed by atoms with Gasteiger partial charge in [0.05, 0.1) is 12.0 Å². The molecule has 0 aliphatic heterocycles. The van der Waals surface area contributed by atoms with E-state index in [1.165, 1.54) is 19.2 Å². The zero-order valence-corrected chi connectivity index (χ0v) is 16.6. The van der Waals surface area contributed by atoms with Crippen LogP contribution in [0.3, 0.4) is 0 Å². The number of carbonyl (C=O) groups is 2. The predicted octanol–water partition coefficient (Wildman–Crippen LogP) is 3.09. The first-order valence-corrected chi connectivity index (χ1v) is 8.69. The number of esters is 1. The van der Waals surface area contributed by atoms with Crippen molar-refractivity contribution in [2.45, 2.75) is 20.8 Å². The van der Waals surface area contributed by atoms with Crippen LogP contribution in [0.2, 0.25) is 0 Å². The molecule has 9 nitrogen and oxygen atoms in total. The van der Waals surface area contributed by atoms with Crippen molar-refractivity contribution in [3.8, 4) is 11.5 Å². The first-order valence-electron chi connectivity index (χ1n) is 8.69. The Balaban J connectivity index is 1.89. The van der Waals surface area contributed by atoms with E-state index in [1.54, 1.807) is 13.0 Å². The Hall–Kier alpha value is -3.62. The number of nitro benzene ring substituents is 1. The summed E-state index contributed by atoms with van der Waals surface area (Å²) >= 11 is 0. The van der Waals surface area contributed by atoms with Crippen LogP contribution in [0, 0.1) is 30.9 Å². The Morgan fingerprint density at radius 1 is 1.03 bits per heavy atom. The third kappa shape index (κ3) is 5.93. The molecule has 0 saturated heterocycles. The van der Waals surface area contributed by atoms with Crippen LogP contribution in [-0.4, -0.2) is 37.1 Å². The number of carbonyl (C=O) groups excluding carboxylic acids is 2. The maximum absolute atomic E-state index is 12.0. The van der Waals surface area contributed by atoms with Crippen molar-refractivity contribution in [1.82, 2.24) is 0 Å². The van der Waals surface area contributed by atoms with Gasteiger partial charge in [-0.2, -0.15) is 0 Å². The maximum atomic E-state index is 12.0. The van der Waals surface area contributed by atoms with Crippen LogP contribution >= 0.6 is 0 Å². The van der Waals surface area contributed by atoms with Gasteiger partial charge in [0, 0.05) is 17.8 Å². The highest BCUT2D eigenvalue weighted by Crippen LogP contribution is 2.32. The molecule has 0 saturated carbocycles. The highest BCUT2D eigenvalue weighted by Gasteiger charge is 2.18. The van der Waals surface area contributed by atoms with Crippen LogP contribution in [0.25, 0.3) is 0 Å². The summed E-state index contributed by atoms with van der Waals surface area (Å²) in [5, 5.41) is 13.6. The number of rotatable bonds is 8. The highest BCUT2D eigenvalue weighted by molar-refractivity contribution is 5.94. The molecule has 1 amide bonds. The molecule has 0 bridgehead atoms. The standard InChI is InChI=1S/C20H22N2O7/c1-12-5-6-17(14(3)7-12)28-11-20(24)29-10-19(23)21-15-9-18(27-4)16(22(25)26)8-13(15)2/h5-9H,10-11H2,1-4H3,(H,21,23). The lowest BCUT2D eigenvalue weighted by atomic mass is 10.1. The average molecular weight is 402 g/mol. The molecule has 0 radical (unpaired) electrons. The first-order chi connectivity index (χ1) is 13.7. The fourth-order valence-corrected chi connectivity index (χ4v) is 2.59. The minimum Gasteiger partial charge on any atom is -0.490 e. The van der Waals surface area contributed by atoms with Gasteiger partial charge in [0.1, 0.15) is 5.75 Å². The molecule has 0 aliphatic carbocycles. The number of anilines is 1. The zero-order valence-electron chi connectivity index (χ0n) is 16.6. The number of nitro groups is 1. The van der Waals surface area contributed by atoms with Gasteiger partial charge >= 0.3 is 11.7 Å². The largest absolute Gasteiger partial charge is 0.490 e. The number of nitrogens with zero attached hydrogens (tertiary/aromatic N) is 1. The number of aryl methyl sites for hydroxylation is 3. The zero-order chi connectivity index (χ0) is 21.6. The molecule has 2 aromatic rings. The smallest absolute Gasteiger partial charge is 0.344 e. The SMILES string of the molecule is COc1cc(NC(=O)COC(=O)COc2ccc(C)cc2C)c(C)cc1[N+](=O)[O-]. The van der Waals surface area contributed by atoms with Crippen molar-refractivity contribution >= 4 is 23.3 Å². The molecule has 0 unspecified atom stereocenters. The monoisotopic (exact) mass is 402 g/mol. The van der Waals surface area contributed by atoms with Gasteiger partial charge in [-0.1, -0.05) is 17.7 Å². The maximum Gasteiger partial charge on any atom is 0.344 e. The molecule has 29 heavy (non-hydrogen) atoms. The minimum absolute atomic E-state index is 0.00904. The van der Waals surface area contributed by atoms with E-state index in [0.29, 0.717) is 17.0 Å². The van der Waals surface area contributed by atoms with E-state index in [-0.39, 0.29) is 18.0 Å². The number of methoxy groups -OCH3 is 1. The predicted molar refractivity (Wildman–Crippen MR) is 105 cm³/mol. The quantitative estimate of drug-likeness (QED) is 0.410. The Morgan fingerprint density at radius 2 is 1.76 bits per heavy atom. The topological polar surface area (TPSA) is 117 Å². The molecular formula is C20H22N2O7. The molecule has 154 valence electrons. The fraction of sp³-hybridized carbons (Fsp3) is 0.300. The molecular weight excluding hydrogens is 380 g/mol. The van der Waals surface area contributed by atoms with E-state index >= 15 is 0 Å². The van der Waals surface area contributed by atoms with E-state index in [2.05, 4.69) is 5.32 Å². The number of benzene rings is 2. The third-order valence-corrected chi connectivity index (χ3v) is 4.04. The summed E-state index contributed by atoms with van der Waals surface area (Å²) in [6.45, 7) is 4.56. The minimum atomic E-state index is -0.696. The lowest BCUT2D eigenvalue weighted by Crippen LogP contribution is -2.24. The van der Waals surface area contributed by atoms with Crippen LogP contribution in [0.4, 0.5) is 11.4 Å². The summed E-state index contributed by atoms with van der Waals surface area (Å²) in [6, 6.07) is 8.18. The number of hydrogen-bond acceptors (Lipinski definition) is 7. The van der Waals surface area contributed by atoms with Crippen molar-refractivity contribution in [3.05, 3.63) is 57.1 Å². The molecule has 0 heterocycles. The molecule has 9 heteroatoms. The Bertz CT molecular complexity index is 941. The van der Waals surface area contributed by atoms with Crippen molar-refractivity contribution in [2.75, 3.05) is 25.6 Å². The summed E-state index contributed by atoms with van der Waals surface area (Å²) < 4.78 is 15.3. The molecule has 0 atom stereocenters. The lowest BCUT2D eigenvalue weighted by Gasteiger charge is -2.12. The van der Waals surface area contributed by atoms with Crippen LogP contribution in [0.5, 0.6) is 11.5 Å². The number of amides is 1. The summed E-state index contributed by atoms with van der Waals surface area (Å²) in [4.78, 5) is 34.3. The van der Waals surface area contributed by atoms with E-state index in [4.69, 9.17) is 14.2 Å². The van der Waals surface area contributed by atoms with Gasteiger partial charge in [-0.3, -0.25) is 14.9 Å². The summed E-state index contributed by atoms with van der Waals surface area (Å²) in [5.74, 6) is -0.720. The van der Waals surface area contributed by atoms with Gasteiger partial charge in [-0.05, 0) is 38.0 Å². The van der Waals surface area contributed by atoms with Crippen molar-refractivity contribution in [1.29, 1.82) is 0 Å². The second kappa shape index (κ2) is 9.54. The Labute approximate surface area is 167 Å². The van der Waals surface area contributed by atoms with Gasteiger partial charge in [-0.15, -0.1) is 0 Å². The molecule has 0 aliphatic rings. The molecule has 2 aromatic carbocycles. The van der Waals surface area contributed by atoms with Crippen molar-refractivity contribution in [2.24, 2.45) is 0 Å². The summed E-state index contributed by atoms with van der Waals surface area (Å²) in [6.07, 6.45) is 0. The van der Waals surface area contributed by atoms with Gasteiger partial charge < -0.3 is 19.5 Å². The Morgan fingerprint density at radius 3 is 2.38 bits per heavy atom. The van der Waals surface area contributed by atoms with Gasteiger partial charge in [0.2, 0.25) is 0 Å². The third-order valence-electron chi connectivity index (χ3n) is 4.04. The summed E-state index contributed by atoms with van der Waals surface area (Å²) in [7, 11) is 1.29. The molecule has 0 fully saturated rings.